The van der Waals surface area contributed by atoms with E-state index in [-0.39, 0.29) is 16.9 Å². The number of esters is 1. The summed E-state index contributed by atoms with van der Waals surface area (Å²) in [6.45, 7) is -0.633. The van der Waals surface area contributed by atoms with Gasteiger partial charge in [0, 0.05) is 11.6 Å². The van der Waals surface area contributed by atoms with Crippen LogP contribution in [0.3, 0.4) is 0 Å². The number of nitrogens with zero attached hydrogens (tertiary/aromatic N) is 2. The monoisotopic (exact) mass is 443 g/mol. The lowest BCUT2D eigenvalue weighted by Gasteiger charge is -2.18. The summed E-state index contributed by atoms with van der Waals surface area (Å²) in [6, 6.07) is 11.9. The number of aromatic nitrogens is 2. The molecule has 1 heterocycles. The van der Waals surface area contributed by atoms with Crippen molar-refractivity contribution in [1.82, 2.24) is 14.9 Å². The first kappa shape index (κ1) is 21.4. The molecule has 0 atom stereocenters. The number of halogens is 2. The minimum absolute atomic E-state index is 0.0138. The second kappa shape index (κ2) is 8.34. The number of carbonyl (C=O) groups is 2. The van der Waals surface area contributed by atoms with E-state index in [0.29, 0.717) is 11.5 Å². The number of carbonyl (C=O) groups excluding carboxylic acids is 2. The Morgan fingerprint density at radius 1 is 1.26 bits per heavy atom. The normalized spacial score (nSPS) is 13.9. The highest BCUT2D eigenvalue weighted by Crippen LogP contribution is 2.44. The fourth-order valence-electron chi connectivity index (χ4n) is 3.52. The molecule has 0 bridgehead atoms. The van der Waals surface area contributed by atoms with Gasteiger partial charge in [-0.05, 0) is 53.1 Å². The zero-order valence-electron chi connectivity index (χ0n) is 17.0. The topological polar surface area (TPSA) is 73.2 Å². The summed E-state index contributed by atoms with van der Waals surface area (Å²) in [5.41, 5.74) is 2.65. The largest absolute Gasteiger partial charge is 0.468 e. The van der Waals surface area contributed by atoms with Gasteiger partial charge in [-0.25, -0.2) is 4.98 Å². The Balaban J connectivity index is 1.68. The summed E-state index contributed by atoms with van der Waals surface area (Å²) in [7, 11) is 2.88. The van der Waals surface area contributed by atoms with E-state index in [0.717, 1.165) is 36.4 Å². The third-order valence-corrected chi connectivity index (χ3v) is 6.12. The molecule has 1 N–H and O–H groups in total. The maximum Gasteiger partial charge on any atom is 0.377 e. The molecule has 1 amide bonds. The van der Waals surface area contributed by atoms with Gasteiger partial charge in [-0.3, -0.25) is 9.59 Å². The van der Waals surface area contributed by atoms with Crippen LogP contribution >= 0.6 is 11.8 Å². The summed E-state index contributed by atoms with van der Waals surface area (Å²) in [4.78, 5) is 27.2. The van der Waals surface area contributed by atoms with Crippen LogP contribution in [-0.4, -0.2) is 48.2 Å². The maximum absolute atomic E-state index is 14.6. The fourth-order valence-corrected chi connectivity index (χ4v) is 4.35. The minimum Gasteiger partial charge on any atom is -0.468 e. The van der Waals surface area contributed by atoms with Crippen LogP contribution < -0.4 is 10.9 Å². The molecule has 0 spiro atoms. The van der Waals surface area contributed by atoms with Gasteiger partial charge in [-0.2, -0.15) is 8.78 Å². The molecule has 0 saturated heterocycles. The van der Waals surface area contributed by atoms with Crippen molar-refractivity contribution in [2.24, 2.45) is 0 Å². The molecule has 1 aliphatic rings. The molecule has 0 radical (unpaired) electrons. The van der Waals surface area contributed by atoms with Crippen LogP contribution in [0.2, 0.25) is 0 Å². The Labute approximate surface area is 182 Å². The number of nitrogens with one attached hydrogen (secondary N) is 1. The summed E-state index contributed by atoms with van der Waals surface area (Å²) >= 11 is 0.0413. The molecule has 3 aromatic rings. The van der Waals surface area contributed by atoms with E-state index >= 15 is 0 Å². The summed E-state index contributed by atoms with van der Waals surface area (Å²) < 4.78 is 35.2. The van der Waals surface area contributed by atoms with Crippen LogP contribution in [0.15, 0.2) is 47.8 Å². The highest BCUT2D eigenvalue weighted by Gasteiger charge is 2.42. The molecule has 1 fully saturated rings. The standard InChI is InChI=1S/C21H20BF2N3O3S/c1-30-18(28)11-25-19(29)21(23,24)31-20-26-10-17(22)27(20)16-9-8-13(12-6-7-12)14-4-2-3-5-15(14)16/h2-5,8-10,12H,6-7,11,22H2,1H3,(H,25,29). The summed E-state index contributed by atoms with van der Waals surface area (Å²) in [5.74, 6) is -1.85. The fraction of sp³-hybridized carbons (Fsp3) is 0.286. The van der Waals surface area contributed by atoms with Crippen LogP contribution in [0.5, 0.6) is 0 Å². The molecule has 160 valence electrons. The van der Waals surface area contributed by atoms with E-state index in [9.17, 15) is 18.4 Å². The number of hydrogen-bond acceptors (Lipinski definition) is 5. The van der Waals surface area contributed by atoms with Crippen molar-refractivity contribution in [2.75, 3.05) is 13.7 Å². The van der Waals surface area contributed by atoms with Crippen molar-refractivity contribution in [3.63, 3.8) is 0 Å². The number of alkyl halides is 2. The molecular weight excluding hydrogens is 423 g/mol. The lowest BCUT2D eigenvalue weighted by atomic mass is 9.98. The van der Waals surface area contributed by atoms with Gasteiger partial charge >= 0.3 is 17.1 Å². The lowest BCUT2D eigenvalue weighted by Crippen LogP contribution is -2.40. The van der Waals surface area contributed by atoms with Crippen LogP contribution in [0.1, 0.15) is 24.3 Å². The van der Waals surface area contributed by atoms with E-state index in [1.807, 2.05) is 41.7 Å². The van der Waals surface area contributed by atoms with E-state index in [2.05, 4.69) is 9.72 Å². The van der Waals surface area contributed by atoms with Crippen molar-refractivity contribution < 1.29 is 23.1 Å². The van der Waals surface area contributed by atoms with E-state index < -0.39 is 23.7 Å². The quantitative estimate of drug-likeness (QED) is 0.344. The van der Waals surface area contributed by atoms with Gasteiger partial charge in [0.05, 0.1) is 12.8 Å². The van der Waals surface area contributed by atoms with E-state index in [1.54, 1.807) is 12.4 Å². The molecule has 2 aromatic carbocycles. The van der Waals surface area contributed by atoms with Gasteiger partial charge in [0.15, 0.2) is 13.0 Å². The van der Waals surface area contributed by atoms with Crippen LogP contribution in [-0.2, 0) is 14.3 Å². The second-order valence-corrected chi connectivity index (χ2v) is 8.47. The third-order valence-electron chi connectivity index (χ3n) is 5.20. The molecule has 0 aliphatic heterocycles. The average molecular weight is 443 g/mol. The first-order chi connectivity index (χ1) is 14.8. The Bertz CT molecular complexity index is 1160. The number of hydrogen-bond donors (Lipinski definition) is 1. The minimum atomic E-state index is -3.83. The summed E-state index contributed by atoms with van der Waals surface area (Å²) in [6.07, 6.45) is 3.80. The number of methoxy groups -OCH3 is 1. The molecule has 0 unspecified atom stereocenters. The van der Waals surface area contributed by atoms with Gasteiger partial charge in [0.1, 0.15) is 6.54 Å². The molecule has 1 aromatic heterocycles. The van der Waals surface area contributed by atoms with Crippen molar-refractivity contribution in [3.05, 3.63) is 48.2 Å². The average Bonchev–Trinajstić information content (AvgIpc) is 3.54. The van der Waals surface area contributed by atoms with Crippen LogP contribution in [0, 0.1) is 0 Å². The predicted octanol–water partition coefficient (Wildman–Crippen LogP) is 2.14. The number of imidazole rings is 1. The Morgan fingerprint density at radius 2 is 1.97 bits per heavy atom. The molecule has 6 nitrogen and oxygen atoms in total. The smallest absolute Gasteiger partial charge is 0.377 e. The van der Waals surface area contributed by atoms with Gasteiger partial charge < -0.3 is 14.6 Å². The number of rotatable bonds is 7. The molecule has 10 heteroatoms. The summed E-state index contributed by atoms with van der Waals surface area (Å²) in [5, 5.41) is 0.0852. The van der Waals surface area contributed by atoms with Crippen LogP contribution in [0.4, 0.5) is 8.78 Å². The molecule has 1 saturated carbocycles. The number of thioether (sulfide) groups is 1. The molecule has 4 rings (SSSR count). The highest BCUT2D eigenvalue weighted by molar-refractivity contribution is 8.00. The van der Waals surface area contributed by atoms with Crippen molar-refractivity contribution in [1.29, 1.82) is 0 Å². The highest BCUT2D eigenvalue weighted by atomic mass is 32.2. The Morgan fingerprint density at radius 3 is 2.65 bits per heavy atom. The Hall–Kier alpha value is -2.88. The number of benzene rings is 2. The van der Waals surface area contributed by atoms with Crippen molar-refractivity contribution in [3.8, 4) is 5.69 Å². The van der Waals surface area contributed by atoms with E-state index in [1.165, 1.54) is 11.8 Å². The van der Waals surface area contributed by atoms with Crippen molar-refractivity contribution in [2.45, 2.75) is 29.2 Å². The van der Waals surface area contributed by atoms with Crippen LogP contribution in [0.25, 0.3) is 16.5 Å². The van der Waals surface area contributed by atoms with Gasteiger partial charge in [-0.1, -0.05) is 30.3 Å². The SMILES string of the molecule is Bc1cnc(SC(F)(F)C(=O)NCC(=O)OC)n1-c1ccc(C2CC2)c2ccccc12. The third kappa shape index (κ3) is 4.30. The molecular formula is C21H20BF2N3O3S. The lowest BCUT2D eigenvalue weighted by molar-refractivity contribution is -0.143. The van der Waals surface area contributed by atoms with Crippen molar-refractivity contribution >= 4 is 47.9 Å². The zero-order chi connectivity index (χ0) is 22.2. The Kier molecular flexibility index (Phi) is 5.74. The maximum atomic E-state index is 14.6. The first-order valence-electron chi connectivity index (χ1n) is 9.80. The predicted molar refractivity (Wildman–Crippen MR) is 117 cm³/mol. The van der Waals surface area contributed by atoms with Gasteiger partial charge in [-0.15, -0.1) is 0 Å². The number of ether oxygens (including phenoxy) is 1. The molecule has 31 heavy (non-hydrogen) atoms. The first-order valence-corrected chi connectivity index (χ1v) is 10.6. The van der Waals surface area contributed by atoms with Gasteiger partial charge in [0.25, 0.3) is 0 Å². The second-order valence-electron chi connectivity index (χ2n) is 7.39. The number of amides is 1. The number of fused-ring (bicyclic) bond motifs is 1. The van der Waals surface area contributed by atoms with E-state index in [4.69, 9.17) is 0 Å². The zero-order valence-corrected chi connectivity index (χ0v) is 17.8. The van der Waals surface area contributed by atoms with Gasteiger partial charge in [0.2, 0.25) is 0 Å². The molecule has 1 aliphatic carbocycles.